The van der Waals surface area contributed by atoms with Gasteiger partial charge in [-0.3, -0.25) is 20.2 Å². The summed E-state index contributed by atoms with van der Waals surface area (Å²) in [6.45, 7) is 0. The normalized spacial score (nSPS) is 10.5. The minimum absolute atomic E-state index is 0.0348. The first kappa shape index (κ1) is 27.7. The van der Waals surface area contributed by atoms with E-state index in [-0.39, 0.29) is 11.4 Å². The number of benzene rings is 5. The molecule has 10 nitrogen and oxygen atoms in total. The fourth-order valence-electron chi connectivity index (χ4n) is 4.55. The average Bonchev–Trinajstić information content (AvgIpc) is 3.03. The smallest absolute Gasteiger partial charge is 0.269 e. The van der Waals surface area contributed by atoms with Gasteiger partial charge in [-0.05, 0) is 97.1 Å². The molecule has 0 saturated carbocycles. The number of anilines is 6. The van der Waals surface area contributed by atoms with E-state index >= 15 is 0 Å². The molecule has 0 spiro atoms. The largest absolute Gasteiger partial charge is 0.497 e. The first-order valence-corrected chi connectivity index (χ1v) is 12.9. The monoisotopic (exact) mass is 562 g/mol. The molecule has 0 aliphatic carbocycles. The van der Waals surface area contributed by atoms with Crippen LogP contribution in [0.25, 0.3) is 0 Å². The quantitative estimate of drug-likeness (QED) is 0.123. The number of rotatable bonds is 10. The van der Waals surface area contributed by atoms with E-state index in [1.54, 1.807) is 38.5 Å². The summed E-state index contributed by atoms with van der Waals surface area (Å²) >= 11 is 0. The minimum Gasteiger partial charge on any atom is -0.497 e. The van der Waals surface area contributed by atoms with Crippen LogP contribution in [0.3, 0.4) is 0 Å². The van der Waals surface area contributed by atoms with Crippen LogP contribution in [-0.4, -0.2) is 24.1 Å². The molecule has 0 heterocycles. The van der Waals surface area contributed by atoms with Crippen LogP contribution in [0.1, 0.15) is 0 Å². The molecule has 5 aromatic carbocycles. The Labute approximate surface area is 241 Å². The third kappa shape index (κ3) is 5.82. The summed E-state index contributed by atoms with van der Waals surface area (Å²) in [5, 5.41) is 22.5. The van der Waals surface area contributed by atoms with Gasteiger partial charge in [-0.1, -0.05) is 0 Å². The Bertz CT molecular complexity index is 1570. The Morgan fingerprint density at radius 2 is 0.643 bits per heavy atom. The summed E-state index contributed by atoms with van der Waals surface area (Å²) in [7, 11) is 3.24. The third-order valence-corrected chi connectivity index (χ3v) is 6.66. The molecule has 0 amide bonds. The minimum atomic E-state index is -0.457. The van der Waals surface area contributed by atoms with Gasteiger partial charge in [0.1, 0.15) is 11.5 Å². The van der Waals surface area contributed by atoms with Gasteiger partial charge in [0, 0.05) is 58.4 Å². The number of non-ortho nitro benzene ring substituents is 2. The third-order valence-electron chi connectivity index (χ3n) is 6.66. The van der Waals surface area contributed by atoms with Crippen LogP contribution in [0.15, 0.2) is 121 Å². The zero-order chi connectivity index (χ0) is 29.6. The summed E-state index contributed by atoms with van der Waals surface area (Å²) in [4.78, 5) is 25.5. The molecule has 0 N–H and O–H groups in total. The number of hydrogen-bond acceptors (Lipinski definition) is 8. The molecule has 0 fully saturated rings. The molecule has 0 saturated heterocycles. The van der Waals surface area contributed by atoms with E-state index in [1.165, 1.54) is 24.3 Å². The first-order valence-electron chi connectivity index (χ1n) is 12.9. The zero-order valence-electron chi connectivity index (χ0n) is 22.8. The lowest BCUT2D eigenvalue weighted by Gasteiger charge is -2.28. The lowest BCUT2D eigenvalue weighted by Crippen LogP contribution is -2.12. The van der Waals surface area contributed by atoms with Gasteiger partial charge in [-0.2, -0.15) is 0 Å². The van der Waals surface area contributed by atoms with Gasteiger partial charge in [0.15, 0.2) is 0 Å². The zero-order valence-corrected chi connectivity index (χ0v) is 22.8. The summed E-state index contributed by atoms with van der Waals surface area (Å²) in [6, 6.07) is 35.5. The van der Waals surface area contributed by atoms with Crippen LogP contribution in [0, 0.1) is 20.2 Å². The van der Waals surface area contributed by atoms with Gasteiger partial charge in [0.25, 0.3) is 11.4 Å². The van der Waals surface area contributed by atoms with Crippen molar-refractivity contribution in [2.45, 2.75) is 0 Å². The number of methoxy groups -OCH3 is 2. The van der Waals surface area contributed by atoms with Crippen molar-refractivity contribution >= 4 is 45.5 Å². The van der Waals surface area contributed by atoms with Crippen molar-refractivity contribution in [2.75, 3.05) is 24.0 Å². The maximum atomic E-state index is 11.2. The number of nitrogens with zero attached hydrogens (tertiary/aromatic N) is 4. The summed E-state index contributed by atoms with van der Waals surface area (Å²) < 4.78 is 10.7. The molecule has 0 aliphatic rings. The highest BCUT2D eigenvalue weighted by atomic mass is 16.6. The number of ether oxygens (including phenoxy) is 2. The van der Waals surface area contributed by atoms with Gasteiger partial charge in [-0.25, -0.2) is 0 Å². The highest BCUT2D eigenvalue weighted by molar-refractivity contribution is 5.81. The van der Waals surface area contributed by atoms with Crippen LogP contribution in [0.4, 0.5) is 45.5 Å². The Morgan fingerprint density at radius 3 is 0.857 bits per heavy atom. The predicted molar refractivity (Wildman–Crippen MR) is 162 cm³/mol. The first-order chi connectivity index (χ1) is 20.4. The highest BCUT2D eigenvalue weighted by Gasteiger charge is 2.18. The molecule has 0 aromatic heterocycles. The maximum Gasteiger partial charge on any atom is 0.269 e. The number of nitro benzene ring substituents is 2. The average molecular weight is 563 g/mol. The molecule has 0 radical (unpaired) electrons. The second kappa shape index (κ2) is 12.1. The van der Waals surface area contributed by atoms with E-state index in [1.807, 2.05) is 77.7 Å². The topological polar surface area (TPSA) is 111 Å². The Morgan fingerprint density at radius 1 is 0.429 bits per heavy atom. The summed E-state index contributed by atoms with van der Waals surface area (Å²) in [5.74, 6) is 1.48. The molecule has 0 unspecified atom stereocenters. The van der Waals surface area contributed by atoms with Crippen LogP contribution in [0.5, 0.6) is 11.5 Å². The maximum absolute atomic E-state index is 11.2. The van der Waals surface area contributed by atoms with Gasteiger partial charge < -0.3 is 19.3 Å². The molecule has 0 aliphatic heterocycles. The number of nitro groups is 2. The van der Waals surface area contributed by atoms with Crippen molar-refractivity contribution in [3.05, 3.63) is 142 Å². The highest BCUT2D eigenvalue weighted by Crippen LogP contribution is 2.40. The van der Waals surface area contributed by atoms with Crippen LogP contribution in [0.2, 0.25) is 0 Å². The summed E-state index contributed by atoms with van der Waals surface area (Å²) in [5.41, 5.74) is 4.70. The lowest BCUT2D eigenvalue weighted by molar-refractivity contribution is -0.385. The van der Waals surface area contributed by atoms with Gasteiger partial charge in [0.05, 0.1) is 24.1 Å². The van der Waals surface area contributed by atoms with Gasteiger partial charge in [-0.15, -0.1) is 0 Å². The molecule has 0 atom stereocenters. The van der Waals surface area contributed by atoms with E-state index in [0.29, 0.717) is 11.4 Å². The van der Waals surface area contributed by atoms with E-state index in [9.17, 15) is 20.2 Å². The van der Waals surface area contributed by atoms with Crippen LogP contribution in [-0.2, 0) is 0 Å². The SMILES string of the molecule is COc1ccc(N(c2ccc(OC)cc2)c2ccc(N(c3ccc([N+](=O)[O-])cc3)c3ccc([N+](=O)[O-])cc3)cc2)cc1. The second-order valence-electron chi connectivity index (χ2n) is 9.13. The molecule has 0 bridgehead atoms. The number of hydrogen-bond donors (Lipinski definition) is 0. The predicted octanol–water partition coefficient (Wildman–Crippen LogP) is 8.46. The standard InChI is InChI=1S/C32H26N4O6/c1-41-31-19-15-27(16-20-31)34(28-17-21-32(42-2)22-18-28)24-5-3-23(4-6-24)33(25-7-11-29(12-8-25)35(37)38)26-9-13-30(14-10-26)36(39)40/h3-22H,1-2H3. The molecular formula is C32H26N4O6. The Hall–Kier alpha value is -5.90. The van der Waals surface area contributed by atoms with Crippen molar-refractivity contribution in [3.63, 3.8) is 0 Å². The molecule has 10 heteroatoms. The van der Waals surface area contributed by atoms with Crippen molar-refractivity contribution < 1.29 is 19.3 Å². The van der Waals surface area contributed by atoms with Crippen molar-refractivity contribution in [1.29, 1.82) is 0 Å². The second-order valence-corrected chi connectivity index (χ2v) is 9.13. The van der Waals surface area contributed by atoms with E-state index in [4.69, 9.17) is 9.47 Å². The molecule has 5 rings (SSSR count). The Kier molecular flexibility index (Phi) is 7.96. The molecule has 5 aromatic rings. The van der Waals surface area contributed by atoms with Crippen molar-refractivity contribution in [2.24, 2.45) is 0 Å². The Balaban J connectivity index is 1.57. The van der Waals surface area contributed by atoms with Crippen molar-refractivity contribution in [3.8, 4) is 11.5 Å². The van der Waals surface area contributed by atoms with E-state index in [2.05, 4.69) is 4.90 Å². The van der Waals surface area contributed by atoms with Crippen LogP contribution >= 0.6 is 0 Å². The molecule has 210 valence electrons. The molecule has 42 heavy (non-hydrogen) atoms. The van der Waals surface area contributed by atoms with Crippen LogP contribution < -0.4 is 19.3 Å². The van der Waals surface area contributed by atoms with E-state index < -0.39 is 9.85 Å². The summed E-state index contributed by atoms with van der Waals surface area (Å²) in [6.07, 6.45) is 0. The fourth-order valence-corrected chi connectivity index (χ4v) is 4.55. The van der Waals surface area contributed by atoms with E-state index in [0.717, 1.165) is 34.2 Å². The lowest BCUT2D eigenvalue weighted by atomic mass is 10.1. The van der Waals surface area contributed by atoms with Gasteiger partial charge in [0.2, 0.25) is 0 Å². The fraction of sp³-hybridized carbons (Fsp3) is 0.0625. The van der Waals surface area contributed by atoms with Gasteiger partial charge >= 0.3 is 0 Å². The van der Waals surface area contributed by atoms with Crippen molar-refractivity contribution in [1.82, 2.24) is 0 Å². The molecular weight excluding hydrogens is 536 g/mol.